The van der Waals surface area contributed by atoms with Gasteiger partial charge in [0.2, 0.25) is 5.89 Å². The van der Waals surface area contributed by atoms with Gasteiger partial charge in [-0.1, -0.05) is 19.0 Å². The lowest BCUT2D eigenvalue weighted by Gasteiger charge is -2.11. The summed E-state index contributed by atoms with van der Waals surface area (Å²) < 4.78 is 10.7. The third kappa shape index (κ3) is 3.51. The molecule has 2 heterocycles. The van der Waals surface area contributed by atoms with E-state index in [0.29, 0.717) is 18.2 Å². The summed E-state index contributed by atoms with van der Waals surface area (Å²) in [6.07, 6.45) is 3.89. The van der Waals surface area contributed by atoms with Gasteiger partial charge in [0.25, 0.3) is 0 Å². The molecule has 0 aliphatic carbocycles. The fraction of sp³-hybridized carbons (Fsp3) is 0.833. The van der Waals surface area contributed by atoms with E-state index < -0.39 is 0 Å². The van der Waals surface area contributed by atoms with Gasteiger partial charge in [-0.3, -0.25) is 0 Å². The highest BCUT2D eigenvalue weighted by Crippen LogP contribution is 2.16. The first-order valence-electron chi connectivity index (χ1n) is 6.34. The van der Waals surface area contributed by atoms with Crippen LogP contribution in [0.4, 0.5) is 0 Å². The summed E-state index contributed by atoms with van der Waals surface area (Å²) in [6.45, 7) is 5.04. The maximum atomic E-state index is 5.97. The van der Waals surface area contributed by atoms with Crippen LogP contribution in [0.25, 0.3) is 0 Å². The Hall–Kier alpha value is -0.940. The number of aromatic nitrogens is 2. The van der Waals surface area contributed by atoms with Crippen LogP contribution in [0.1, 0.15) is 38.4 Å². The Morgan fingerprint density at radius 1 is 1.47 bits per heavy atom. The van der Waals surface area contributed by atoms with E-state index in [4.69, 9.17) is 15.0 Å². The molecule has 5 heteroatoms. The standard InChI is InChI=1S/C12H21N3O2/c1-8(2)10(13)7-12-14-11(15-17-12)6-9-4-3-5-16-9/h8-10H,3-7,13H2,1-2H3. The zero-order valence-corrected chi connectivity index (χ0v) is 10.6. The average Bonchev–Trinajstić information content (AvgIpc) is 2.91. The lowest BCUT2D eigenvalue weighted by atomic mass is 10.0. The first-order valence-corrected chi connectivity index (χ1v) is 6.34. The van der Waals surface area contributed by atoms with Crippen molar-refractivity contribution >= 4 is 0 Å². The van der Waals surface area contributed by atoms with Crippen LogP contribution in [0, 0.1) is 5.92 Å². The van der Waals surface area contributed by atoms with Crippen molar-refractivity contribution < 1.29 is 9.26 Å². The van der Waals surface area contributed by atoms with Gasteiger partial charge in [0, 0.05) is 25.5 Å². The monoisotopic (exact) mass is 239 g/mol. The normalized spacial score (nSPS) is 22.2. The zero-order chi connectivity index (χ0) is 12.3. The molecular formula is C12H21N3O2. The predicted octanol–water partition coefficient (Wildman–Crippen LogP) is 1.32. The van der Waals surface area contributed by atoms with Crippen LogP contribution < -0.4 is 5.73 Å². The molecule has 1 aromatic rings. The molecule has 2 unspecified atom stereocenters. The number of hydrogen-bond acceptors (Lipinski definition) is 5. The Labute approximate surface area is 102 Å². The lowest BCUT2D eigenvalue weighted by molar-refractivity contribution is 0.109. The van der Waals surface area contributed by atoms with Crippen LogP contribution in [-0.2, 0) is 17.6 Å². The maximum absolute atomic E-state index is 5.97. The molecule has 1 fully saturated rings. The summed E-state index contributed by atoms with van der Waals surface area (Å²) in [5, 5.41) is 3.97. The van der Waals surface area contributed by atoms with E-state index in [1.807, 2.05) is 0 Å². The number of rotatable bonds is 5. The summed E-state index contributed by atoms with van der Waals surface area (Å²) >= 11 is 0. The summed E-state index contributed by atoms with van der Waals surface area (Å²) in [7, 11) is 0. The van der Waals surface area contributed by atoms with Gasteiger partial charge in [-0.15, -0.1) is 0 Å². The van der Waals surface area contributed by atoms with E-state index >= 15 is 0 Å². The summed E-state index contributed by atoms with van der Waals surface area (Å²) in [5.41, 5.74) is 5.97. The van der Waals surface area contributed by atoms with E-state index in [0.717, 1.165) is 31.7 Å². The molecule has 96 valence electrons. The molecule has 0 amide bonds. The molecule has 0 aromatic carbocycles. The van der Waals surface area contributed by atoms with Crippen molar-refractivity contribution in [3.63, 3.8) is 0 Å². The second-order valence-electron chi connectivity index (χ2n) is 5.06. The highest BCUT2D eigenvalue weighted by atomic mass is 16.5. The minimum Gasteiger partial charge on any atom is -0.378 e. The maximum Gasteiger partial charge on any atom is 0.228 e. The minimum atomic E-state index is 0.0750. The number of hydrogen-bond donors (Lipinski definition) is 1. The Morgan fingerprint density at radius 3 is 2.94 bits per heavy atom. The fourth-order valence-electron chi connectivity index (χ4n) is 1.90. The van der Waals surface area contributed by atoms with Crippen LogP contribution in [-0.4, -0.2) is 28.9 Å². The van der Waals surface area contributed by atoms with E-state index in [9.17, 15) is 0 Å². The van der Waals surface area contributed by atoms with Crippen LogP contribution in [0.3, 0.4) is 0 Å². The van der Waals surface area contributed by atoms with Crippen molar-refractivity contribution in [2.24, 2.45) is 11.7 Å². The first-order chi connectivity index (χ1) is 8.15. The van der Waals surface area contributed by atoms with E-state index in [1.165, 1.54) is 0 Å². The highest BCUT2D eigenvalue weighted by molar-refractivity contribution is 4.92. The van der Waals surface area contributed by atoms with Crippen molar-refractivity contribution in [2.45, 2.75) is 51.7 Å². The van der Waals surface area contributed by atoms with Gasteiger partial charge >= 0.3 is 0 Å². The Morgan fingerprint density at radius 2 is 2.29 bits per heavy atom. The van der Waals surface area contributed by atoms with E-state index in [-0.39, 0.29) is 12.1 Å². The average molecular weight is 239 g/mol. The molecule has 1 aromatic heterocycles. The number of nitrogens with two attached hydrogens (primary N) is 1. The first kappa shape index (κ1) is 12.5. The van der Waals surface area contributed by atoms with Crippen LogP contribution >= 0.6 is 0 Å². The molecule has 0 bridgehead atoms. The zero-order valence-electron chi connectivity index (χ0n) is 10.6. The Kier molecular flexibility index (Phi) is 4.12. The molecule has 1 aliphatic heterocycles. The van der Waals surface area contributed by atoms with Gasteiger partial charge in [-0.05, 0) is 18.8 Å². The van der Waals surface area contributed by atoms with E-state index in [1.54, 1.807) is 0 Å². The second-order valence-corrected chi connectivity index (χ2v) is 5.06. The van der Waals surface area contributed by atoms with Crippen molar-refractivity contribution in [3.05, 3.63) is 11.7 Å². The Balaban J connectivity index is 1.86. The van der Waals surface area contributed by atoms with Crippen molar-refractivity contribution in [1.82, 2.24) is 10.1 Å². The number of nitrogens with zero attached hydrogens (tertiary/aromatic N) is 2. The van der Waals surface area contributed by atoms with Crippen LogP contribution in [0.2, 0.25) is 0 Å². The van der Waals surface area contributed by atoms with Gasteiger partial charge in [0.15, 0.2) is 5.82 Å². The molecular weight excluding hydrogens is 218 g/mol. The molecule has 0 saturated carbocycles. The summed E-state index contributed by atoms with van der Waals surface area (Å²) in [6, 6.07) is 0.0750. The molecule has 1 saturated heterocycles. The van der Waals surface area contributed by atoms with Crippen molar-refractivity contribution in [1.29, 1.82) is 0 Å². The SMILES string of the molecule is CC(C)C(N)Cc1nc(CC2CCCO2)no1. The lowest BCUT2D eigenvalue weighted by Crippen LogP contribution is -2.28. The summed E-state index contributed by atoms with van der Waals surface area (Å²) in [4.78, 5) is 4.36. The summed E-state index contributed by atoms with van der Waals surface area (Å²) in [5.74, 6) is 1.80. The van der Waals surface area contributed by atoms with Gasteiger partial charge in [0.05, 0.1) is 6.10 Å². The third-order valence-electron chi connectivity index (χ3n) is 3.21. The van der Waals surface area contributed by atoms with Gasteiger partial charge in [0.1, 0.15) is 0 Å². The van der Waals surface area contributed by atoms with Gasteiger partial charge < -0.3 is 15.0 Å². The molecule has 1 aliphatic rings. The van der Waals surface area contributed by atoms with Gasteiger partial charge in [-0.25, -0.2) is 0 Å². The molecule has 17 heavy (non-hydrogen) atoms. The van der Waals surface area contributed by atoms with Gasteiger partial charge in [-0.2, -0.15) is 4.98 Å². The molecule has 0 radical (unpaired) electrons. The predicted molar refractivity (Wildman–Crippen MR) is 63.5 cm³/mol. The third-order valence-corrected chi connectivity index (χ3v) is 3.21. The van der Waals surface area contributed by atoms with Crippen molar-refractivity contribution in [2.75, 3.05) is 6.61 Å². The molecule has 2 N–H and O–H groups in total. The molecule has 5 nitrogen and oxygen atoms in total. The quantitative estimate of drug-likeness (QED) is 0.838. The largest absolute Gasteiger partial charge is 0.378 e. The topological polar surface area (TPSA) is 74.2 Å². The molecule has 2 rings (SSSR count). The van der Waals surface area contributed by atoms with Crippen molar-refractivity contribution in [3.8, 4) is 0 Å². The minimum absolute atomic E-state index is 0.0750. The van der Waals surface area contributed by atoms with Crippen LogP contribution in [0.5, 0.6) is 0 Å². The smallest absolute Gasteiger partial charge is 0.228 e. The molecule has 2 atom stereocenters. The number of ether oxygens (including phenoxy) is 1. The highest BCUT2D eigenvalue weighted by Gasteiger charge is 2.20. The Bertz CT molecular complexity index is 327. The fourth-order valence-corrected chi connectivity index (χ4v) is 1.90. The van der Waals surface area contributed by atoms with Crippen LogP contribution in [0.15, 0.2) is 4.52 Å². The second kappa shape index (κ2) is 5.60. The molecule has 0 spiro atoms. The van der Waals surface area contributed by atoms with E-state index in [2.05, 4.69) is 24.0 Å².